The molecule has 0 unspecified atom stereocenters. The van der Waals surface area contributed by atoms with Crippen LogP contribution in [0.3, 0.4) is 0 Å². The van der Waals surface area contributed by atoms with E-state index in [0.29, 0.717) is 42.1 Å². The molecule has 0 saturated heterocycles. The first-order valence-electron chi connectivity index (χ1n) is 6.73. The molecule has 1 aromatic rings. The lowest BCUT2D eigenvalue weighted by Crippen LogP contribution is -2.07. The maximum Gasteiger partial charge on any atom is 0.303 e. The molecule has 0 spiro atoms. The van der Waals surface area contributed by atoms with Gasteiger partial charge in [0.05, 0.1) is 18.2 Å². The number of hydrogen-bond donors (Lipinski definition) is 1. The minimum atomic E-state index is -0.834. The summed E-state index contributed by atoms with van der Waals surface area (Å²) < 4.78 is 11.2. The standard InChI is InChI=1S/C15H21ClO4/c1-4-19-13-8-11(5-6-14(17)18)7-12(16)15(13)20-9-10(2)3/h7-8,10H,4-6,9H2,1-3H3,(H,17,18). The van der Waals surface area contributed by atoms with E-state index < -0.39 is 5.97 Å². The molecule has 0 radical (unpaired) electrons. The van der Waals surface area contributed by atoms with E-state index >= 15 is 0 Å². The third kappa shape index (κ3) is 5.29. The fourth-order valence-corrected chi connectivity index (χ4v) is 1.96. The summed E-state index contributed by atoms with van der Waals surface area (Å²) in [7, 11) is 0. The maximum absolute atomic E-state index is 10.6. The quantitative estimate of drug-likeness (QED) is 0.793. The van der Waals surface area contributed by atoms with Crippen molar-refractivity contribution >= 4 is 17.6 Å². The van der Waals surface area contributed by atoms with Crippen molar-refractivity contribution < 1.29 is 19.4 Å². The van der Waals surface area contributed by atoms with Crippen LogP contribution in [0, 0.1) is 5.92 Å². The van der Waals surface area contributed by atoms with Crippen molar-refractivity contribution in [1.29, 1.82) is 0 Å². The lowest BCUT2D eigenvalue weighted by atomic mass is 10.1. The van der Waals surface area contributed by atoms with Crippen LogP contribution in [-0.4, -0.2) is 24.3 Å². The molecular weight excluding hydrogens is 280 g/mol. The highest BCUT2D eigenvalue weighted by molar-refractivity contribution is 6.32. The number of carbonyl (C=O) groups is 1. The zero-order valence-electron chi connectivity index (χ0n) is 12.1. The van der Waals surface area contributed by atoms with E-state index in [-0.39, 0.29) is 6.42 Å². The molecule has 0 fully saturated rings. The molecule has 0 bridgehead atoms. The number of aliphatic carboxylic acids is 1. The second-order valence-electron chi connectivity index (χ2n) is 4.94. The van der Waals surface area contributed by atoms with E-state index in [1.54, 1.807) is 12.1 Å². The average molecular weight is 301 g/mol. The van der Waals surface area contributed by atoms with Crippen LogP contribution in [-0.2, 0) is 11.2 Å². The maximum atomic E-state index is 10.6. The van der Waals surface area contributed by atoms with Crippen LogP contribution in [0.15, 0.2) is 12.1 Å². The van der Waals surface area contributed by atoms with Gasteiger partial charge >= 0.3 is 5.97 Å². The van der Waals surface area contributed by atoms with Crippen LogP contribution < -0.4 is 9.47 Å². The summed E-state index contributed by atoms with van der Waals surface area (Å²) in [5.74, 6) is 0.647. The minimum absolute atomic E-state index is 0.0636. The van der Waals surface area contributed by atoms with Gasteiger partial charge in [-0.15, -0.1) is 0 Å². The third-order valence-corrected chi connectivity index (χ3v) is 2.84. The molecule has 0 atom stereocenters. The topological polar surface area (TPSA) is 55.8 Å². The summed E-state index contributed by atoms with van der Waals surface area (Å²) in [6.45, 7) is 7.03. The number of benzene rings is 1. The molecule has 1 rings (SSSR count). The summed E-state index contributed by atoms with van der Waals surface area (Å²) in [5, 5.41) is 9.18. The molecule has 1 aromatic carbocycles. The van der Waals surface area contributed by atoms with Crippen LogP contribution in [0.1, 0.15) is 32.8 Å². The first-order chi connectivity index (χ1) is 9.43. The first-order valence-corrected chi connectivity index (χ1v) is 7.11. The van der Waals surface area contributed by atoms with E-state index in [0.717, 1.165) is 5.56 Å². The Balaban J connectivity index is 2.95. The van der Waals surface area contributed by atoms with E-state index in [1.165, 1.54) is 0 Å². The predicted molar refractivity (Wildman–Crippen MR) is 78.9 cm³/mol. The monoisotopic (exact) mass is 300 g/mol. The predicted octanol–water partition coefficient (Wildman–Crippen LogP) is 3.79. The second kappa shape index (κ2) is 8.00. The molecule has 0 aliphatic heterocycles. The van der Waals surface area contributed by atoms with Crippen molar-refractivity contribution in [2.75, 3.05) is 13.2 Å². The third-order valence-electron chi connectivity index (χ3n) is 2.56. The summed E-state index contributed by atoms with van der Waals surface area (Å²) in [6.07, 6.45) is 0.480. The minimum Gasteiger partial charge on any atom is -0.490 e. The average Bonchev–Trinajstić information content (AvgIpc) is 2.35. The molecule has 4 nitrogen and oxygen atoms in total. The Morgan fingerprint density at radius 2 is 2.05 bits per heavy atom. The molecule has 1 N–H and O–H groups in total. The normalized spacial score (nSPS) is 10.7. The van der Waals surface area contributed by atoms with Crippen LogP contribution in [0.25, 0.3) is 0 Å². The van der Waals surface area contributed by atoms with E-state index in [1.807, 2.05) is 6.92 Å². The van der Waals surface area contributed by atoms with Gasteiger partial charge in [-0.3, -0.25) is 4.79 Å². The largest absolute Gasteiger partial charge is 0.490 e. The Morgan fingerprint density at radius 3 is 2.60 bits per heavy atom. The van der Waals surface area contributed by atoms with Gasteiger partial charge in [0.1, 0.15) is 0 Å². The molecule has 0 aliphatic carbocycles. The van der Waals surface area contributed by atoms with E-state index in [2.05, 4.69) is 13.8 Å². The zero-order chi connectivity index (χ0) is 15.1. The number of halogens is 1. The van der Waals surface area contributed by atoms with Gasteiger partial charge in [0.25, 0.3) is 0 Å². The van der Waals surface area contributed by atoms with E-state index in [9.17, 15) is 4.79 Å². The number of aryl methyl sites for hydroxylation is 1. The van der Waals surface area contributed by atoms with Gasteiger partial charge in [-0.1, -0.05) is 25.4 Å². The molecule has 0 saturated carbocycles. The number of hydrogen-bond acceptors (Lipinski definition) is 3. The van der Waals surface area contributed by atoms with Gasteiger partial charge < -0.3 is 14.6 Å². The molecule has 0 heterocycles. The summed E-state index contributed by atoms with van der Waals surface area (Å²) in [4.78, 5) is 10.6. The second-order valence-corrected chi connectivity index (χ2v) is 5.34. The molecule has 0 aromatic heterocycles. The summed E-state index contributed by atoms with van der Waals surface area (Å²) >= 11 is 6.22. The van der Waals surface area contributed by atoms with Crippen molar-refractivity contribution in [3.63, 3.8) is 0 Å². The highest BCUT2D eigenvalue weighted by atomic mass is 35.5. The Bertz CT molecular complexity index is 457. The van der Waals surface area contributed by atoms with Crippen molar-refractivity contribution in [3.05, 3.63) is 22.7 Å². The summed E-state index contributed by atoms with van der Waals surface area (Å²) in [5.41, 5.74) is 0.831. The Hall–Kier alpha value is -1.42. The lowest BCUT2D eigenvalue weighted by Gasteiger charge is -2.16. The molecule has 112 valence electrons. The van der Waals surface area contributed by atoms with Crippen LogP contribution in [0.5, 0.6) is 11.5 Å². The van der Waals surface area contributed by atoms with Gasteiger partial charge in [0.2, 0.25) is 0 Å². The van der Waals surface area contributed by atoms with Crippen molar-refractivity contribution in [2.24, 2.45) is 5.92 Å². The summed E-state index contributed by atoms with van der Waals surface area (Å²) in [6, 6.07) is 3.54. The number of carboxylic acids is 1. The van der Waals surface area contributed by atoms with Gasteiger partial charge in [0, 0.05) is 6.42 Å². The number of carboxylic acid groups (broad SMARTS) is 1. The Labute approximate surface area is 124 Å². The lowest BCUT2D eigenvalue weighted by molar-refractivity contribution is -0.136. The molecule has 5 heteroatoms. The zero-order valence-corrected chi connectivity index (χ0v) is 12.9. The SMILES string of the molecule is CCOc1cc(CCC(=O)O)cc(Cl)c1OCC(C)C. The fourth-order valence-electron chi connectivity index (χ4n) is 1.67. The molecule has 20 heavy (non-hydrogen) atoms. The number of rotatable bonds is 8. The smallest absolute Gasteiger partial charge is 0.303 e. The number of ether oxygens (including phenoxy) is 2. The van der Waals surface area contributed by atoms with Crippen molar-refractivity contribution in [2.45, 2.75) is 33.6 Å². The van der Waals surface area contributed by atoms with E-state index in [4.69, 9.17) is 26.2 Å². The Morgan fingerprint density at radius 1 is 1.35 bits per heavy atom. The van der Waals surface area contributed by atoms with Crippen LogP contribution in [0.2, 0.25) is 5.02 Å². The van der Waals surface area contributed by atoms with Crippen molar-refractivity contribution in [3.8, 4) is 11.5 Å². The fraction of sp³-hybridized carbons (Fsp3) is 0.533. The van der Waals surface area contributed by atoms with Gasteiger partial charge in [-0.25, -0.2) is 0 Å². The van der Waals surface area contributed by atoms with Crippen molar-refractivity contribution in [1.82, 2.24) is 0 Å². The molecular formula is C15H21ClO4. The van der Waals surface area contributed by atoms with Gasteiger partial charge in [0.15, 0.2) is 11.5 Å². The van der Waals surface area contributed by atoms with Crippen LogP contribution in [0.4, 0.5) is 0 Å². The van der Waals surface area contributed by atoms with Gasteiger partial charge in [-0.2, -0.15) is 0 Å². The highest BCUT2D eigenvalue weighted by Gasteiger charge is 2.13. The van der Waals surface area contributed by atoms with Crippen LogP contribution >= 0.6 is 11.6 Å². The molecule has 0 aliphatic rings. The first kappa shape index (κ1) is 16.6. The Kier molecular flexibility index (Phi) is 6.65. The molecule has 0 amide bonds. The van der Waals surface area contributed by atoms with Gasteiger partial charge in [-0.05, 0) is 37.0 Å². The highest BCUT2D eigenvalue weighted by Crippen LogP contribution is 2.37.